The Morgan fingerprint density at radius 3 is 2.32 bits per heavy atom. The molecule has 0 bridgehead atoms. The van der Waals surface area contributed by atoms with E-state index in [2.05, 4.69) is 12.2 Å². The van der Waals surface area contributed by atoms with Gasteiger partial charge >= 0.3 is 0 Å². The molecular formula is C23H27Cl3N2O3. The number of nitrogens with one attached hydrogen (secondary N) is 1. The van der Waals surface area contributed by atoms with Crippen molar-refractivity contribution in [1.82, 2.24) is 10.2 Å². The number of unbranched alkanes of at least 4 members (excludes halogenated alkanes) is 1. The molecule has 1 atom stereocenters. The van der Waals surface area contributed by atoms with Crippen LogP contribution in [0.15, 0.2) is 42.5 Å². The lowest BCUT2D eigenvalue weighted by Crippen LogP contribution is -2.50. The van der Waals surface area contributed by atoms with Crippen molar-refractivity contribution in [3.8, 4) is 5.75 Å². The minimum atomic E-state index is -0.648. The van der Waals surface area contributed by atoms with Gasteiger partial charge in [0.15, 0.2) is 6.61 Å². The second-order valence-corrected chi connectivity index (χ2v) is 8.35. The van der Waals surface area contributed by atoms with Crippen LogP contribution in [0.1, 0.15) is 38.7 Å². The summed E-state index contributed by atoms with van der Waals surface area (Å²) in [6, 6.07) is 11.2. The van der Waals surface area contributed by atoms with Gasteiger partial charge in [-0.1, -0.05) is 61.1 Å². The summed E-state index contributed by atoms with van der Waals surface area (Å²) < 4.78 is 5.63. The van der Waals surface area contributed by atoms with Gasteiger partial charge in [-0.3, -0.25) is 9.59 Å². The smallest absolute Gasteiger partial charge is 0.261 e. The van der Waals surface area contributed by atoms with Gasteiger partial charge < -0.3 is 15.0 Å². The molecule has 0 saturated heterocycles. The van der Waals surface area contributed by atoms with Crippen molar-refractivity contribution in [3.05, 3.63) is 63.1 Å². The summed E-state index contributed by atoms with van der Waals surface area (Å²) >= 11 is 18.2. The molecule has 0 unspecified atom stereocenters. The number of nitrogens with zero attached hydrogens (tertiary/aromatic N) is 1. The van der Waals surface area contributed by atoms with Crippen LogP contribution in [0.3, 0.4) is 0 Å². The second kappa shape index (κ2) is 12.8. The highest BCUT2D eigenvalue weighted by atomic mass is 35.5. The van der Waals surface area contributed by atoms with Crippen molar-refractivity contribution in [2.75, 3.05) is 13.2 Å². The zero-order valence-electron chi connectivity index (χ0n) is 17.7. The number of hydrogen-bond donors (Lipinski definition) is 1. The van der Waals surface area contributed by atoms with E-state index in [-0.39, 0.29) is 25.0 Å². The van der Waals surface area contributed by atoms with Crippen LogP contribution in [0, 0.1) is 0 Å². The van der Waals surface area contributed by atoms with E-state index >= 15 is 0 Å². The normalized spacial score (nSPS) is 11.6. The molecule has 168 valence electrons. The number of amides is 2. The predicted octanol–water partition coefficient (Wildman–Crippen LogP) is 5.75. The van der Waals surface area contributed by atoms with Gasteiger partial charge in [-0.05, 0) is 54.8 Å². The second-order valence-electron chi connectivity index (χ2n) is 7.07. The van der Waals surface area contributed by atoms with Gasteiger partial charge in [0.1, 0.15) is 11.8 Å². The molecular weight excluding hydrogens is 459 g/mol. The van der Waals surface area contributed by atoms with Gasteiger partial charge in [0, 0.05) is 28.2 Å². The third-order valence-corrected chi connectivity index (χ3v) is 5.59. The van der Waals surface area contributed by atoms with E-state index in [0.29, 0.717) is 39.3 Å². The number of carbonyl (C=O) groups excluding carboxylic acids is 2. The van der Waals surface area contributed by atoms with Crippen LogP contribution in [0.5, 0.6) is 5.75 Å². The molecule has 2 rings (SSSR count). The maximum absolute atomic E-state index is 13.1. The molecule has 0 aliphatic heterocycles. The molecule has 2 amide bonds. The van der Waals surface area contributed by atoms with E-state index in [9.17, 15) is 9.59 Å². The summed E-state index contributed by atoms with van der Waals surface area (Å²) in [6.07, 6.45) is 2.30. The molecule has 0 aliphatic carbocycles. The summed E-state index contributed by atoms with van der Waals surface area (Å²) in [5.74, 6) is 0.00186. The van der Waals surface area contributed by atoms with E-state index in [1.54, 1.807) is 42.5 Å². The van der Waals surface area contributed by atoms with Gasteiger partial charge in [-0.15, -0.1) is 0 Å². The topological polar surface area (TPSA) is 58.6 Å². The fourth-order valence-corrected chi connectivity index (χ4v) is 3.61. The number of hydrogen-bond acceptors (Lipinski definition) is 3. The molecule has 31 heavy (non-hydrogen) atoms. The van der Waals surface area contributed by atoms with Gasteiger partial charge in [0.25, 0.3) is 5.91 Å². The molecule has 0 radical (unpaired) electrons. The van der Waals surface area contributed by atoms with E-state index < -0.39 is 6.04 Å². The largest absolute Gasteiger partial charge is 0.484 e. The molecule has 1 N–H and O–H groups in total. The average Bonchev–Trinajstić information content (AvgIpc) is 2.74. The fraction of sp³-hybridized carbons (Fsp3) is 0.391. The third kappa shape index (κ3) is 7.91. The Bertz CT molecular complexity index is 875. The highest BCUT2D eigenvalue weighted by Gasteiger charge is 2.29. The van der Waals surface area contributed by atoms with Crippen molar-refractivity contribution >= 4 is 46.6 Å². The Labute approximate surface area is 198 Å². The zero-order chi connectivity index (χ0) is 22.8. The minimum absolute atomic E-state index is 0.165. The van der Waals surface area contributed by atoms with Crippen LogP contribution in [0.2, 0.25) is 15.1 Å². The molecule has 0 saturated carbocycles. The number of ether oxygens (including phenoxy) is 1. The van der Waals surface area contributed by atoms with Crippen LogP contribution in [0.25, 0.3) is 0 Å². The first kappa shape index (κ1) is 25.3. The van der Waals surface area contributed by atoms with Crippen molar-refractivity contribution in [1.29, 1.82) is 0 Å². The monoisotopic (exact) mass is 484 g/mol. The molecule has 2 aromatic carbocycles. The first-order valence-corrected chi connectivity index (χ1v) is 11.4. The number of rotatable bonds is 11. The molecule has 8 heteroatoms. The first-order chi connectivity index (χ1) is 14.8. The molecule has 5 nitrogen and oxygen atoms in total. The summed E-state index contributed by atoms with van der Waals surface area (Å²) in [5.41, 5.74) is 0.700. The van der Waals surface area contributed by atoms with Gasteiger partial charge in [0.2, 0.25) is 5.91 Å². The summed E-state index contributed by atoms with van der Waals surface area (Å²) in [5, 5.41) is 4.43. The van der Waals surface area contributed by atoms with Crippen LogP contribution < -0.4 is 10.1 Å². The SMILES string of the molecule is CCCCNC(=O)[C@@H](CC)N(Cc1ccc(Cl)cc1Cl)C(=O)COc1ccc(Cl)cc1. The highest BCUT2D eigenvalue weighted by molar-refractivity contribution is 6.35. The van der Waals surface area contributed by atoms with E-state index in [0.717, 1.165) is 12.8 Å². The third-order valence-electron chi connectivity index (χ3n) is 4.75. The first-order valence-electron chi connectivity index (χ1n) is 10.2. The summed E-state index contributed by atoms with van der Waals surface area (Å²) in [4.78, 5) is 27.5. The summed E-state index contributed by atoms with van der Waals surface area (Å²) in [6.45, 7) is 4.44. The van der Waals surface area contributed by atoms with Gasteiger partial charge in [0.05, 0.1) is 0 Å². The molecule has 0 spiro atoms. The summed E-state index contributed by atoms with van der Waals surface area (Å²) in [7, 11) is 0. The number of halogens is 3. The van der Waals surface area contributed by atoms with Crippen molar-refractivity contribution in [2.45, 2.75) is 45.7 Å². The zero-order valence-corrected chi connectivity index (χ0v) is 19.9. The lowest BCUT2D eigenvalue weighted by molar-refractivity contribution is -0.143. The predicted molar refractivity (Wildman–Crippen MR) is 126 cm³/mol. The van der Waals surface area contributed by atoms with Crippen LogP contribution in [-0.4, -0.2) is 35.9 Å². The van der Waals surface area contributed by atoms with Crippen molar-refractivity contribution < 1.29 is 14.3 Å². The minimum Gasteiger partial charge on any atom is -0.484 e. The van der Waals surface area contributed by atoms with Crippen molar-refractivity contribution in [3.63, 3.8) is 0 Å². The lowest BCUT2D eigenvalue weighted by atomic mass is 10.1. The Morgan fingerprint density at radius 1 is 1.03 bits per heavy atom. The Balaban J connectivity index is 2.20. The Hall–Kier alpha value is -1.95. The molecule has 0 aromatic heterocycles. The van der Waals surface area contributed by atoms with Gasteiger partial charge in [-0.2, -0.15) is 0 Å². The number of carbonyl (C=O) groups is 2. The molecule has 0 aliphatic rings. The maximum atomic E-state index is 13.1. The van der Waals surface area contributed by atoms with Crippen molar-refractivity contribution in [2.24, 2.45) is 0 Å². The maximum Gasteiger partial charge on any atom is 0.261 e. The lowest BCUT2D eigenvalue weighted by Gasteiger charge is -2.31. The average molecular weight is 486 g/mol. The molecule has 0 heterocycles. The highest BCUT2D eigenvalue weighted by Crippen LogP contribution is 2.24. The Kier molecular flexibility index (Phi) is 10.4. The van der Waals surface area contributed by atoms with E-state index in [1.165, 1.54) is 4.90 Å². The Morgan fingerprint density at radius 2 is 1.71 bits per heavy atom. The number of benzene rings is 2. The van der Waals surface area contributed by atoms with Gasteiger partial charge in [-0.25, -0.2) is 0 Å². The fourth-order valence-electron chi connectivity index (χ4n) is 3.02. The van der Waals surface area contributed by atoms with Crippen LogP contribution in [-0.2, 0) is 16.1 Å². The molecule has 0 fully saturated rings. The standard InChI is InChI=1S/C23H27Cl3N2O3/c1-3-5-12-27-23(30)21(4-2)28(14-16-6-7-18(25)13-20(16)26)22(29)15-31-19-10-8-17(24)9-11-19/h6-11,13,21H,3-5,12,14-15H2,1-2H3,(H,27,30)/t21-/m1/s1. The van der Waals surface area contributed by atoms with Crippen LogP contribution >= 0.6 is 34.8 Å². The quantitative estimate of drug-likeness (QED) is 0.412. The van der Waals surface area contributed by atoms with E-state index in [1.807, 2.05) is 6.92 Å². The molecule has 2 aromatic rings. The van der Waals surface area contributed by atoms with Crippen LogP contribution in [0.4, 0.5) is 0 Å². The van der Waals surface area contributed by atoms with E-state index in [4.69, 9.17) is 39.5 Å².